The van der Waals surface area contributed by atoms with Gasteiger partial charge in [0.05, 0.1) is 11.5 Å². The van der Waals surface area contributed by atoms with E-state index >= 15 is 0 Å². The maximum atomic E-state index is 11.2. The maximum absolute atomic E-state index is 11.2. The molecule has 7 heteroatoms. The zero-order valence-corrected chi connectivity index (χ0v) is 9.30. The predicted molar refractivity (Wildman–Crippen MR) is 62.8 cm³/mol. The Morgan fingerprint density at radius 3 is 2.88 bits per heavy atom. The van der Waals surface area contributed by atoms with Gasteiger partial charge in [-0.05, 0) is 18.6 Å². The maximum Gasteiger partial charge on any atom is 0.411 e. The van der Waals surface area contributed by atoms with Gasteiger partial charge in [0.25, 0.3) is 5.69 Å². The van der Waals surface area contributed by atoms with Crippen LogP contribution in [0.1, 0.15) is 13.3 Å². The van der Waals surface area contributed by atoms with Crippen molar-refractivity contribution in [2.75, 3.05) is 17.7 Å². The lowest BCUT2D eigenvalue weighted by atomic mass is 10.2. The molecule has 0 unspecified atom stereocenters. The van der Waals surface area contributed by atoms with Crippen LogP contribution in [0.4, 0.5) is 21.9 Å². The first kappa shape index (κ1) is 12.8. The van der Waals surface area contributed by atoms with E-state index < -0.39 is 11.0 Å². The van der Waals surface area contributed by atoms with Gasteiger partial charge in [-0.1, -0.05) is 6.92 Å². The fourth-order valence-electron chi connectivity index (χ4n) is 1.15. The normalized spacial score (nSPS) is 9.71. The van der Waals surface area contributed by atoms with E-state index in [-0.39, 0.29) is 23.7 Å². The molecule has 0 spiro atoms. The molecule has 0 heterocycles. The Hall–Kier alpha value is -2.31. The third-order valence-corrected chi connectivity index (χ3v) is 1.89. The van der Waals surface area contributed by atoms with E-state index in [1.165, 1.54) is 18.2 Å². The Bertz CT molecular complexity index is 434. The molecule has 0 aliphatic rings. The fourth-order valence-corrected chi connectivity index (χ4v) is 1.15. The van der Waals surface area contributed by atoms with Crippen molar-refractivity contribution < 1.29 is 14.5 Å². The number of nitrogens with two attached hydrogens (primary N) is 1. The second-order valence-electron chi connectivity index (χ2n) is 3.29. The number of hydrogen-bond acceptors (Lipinski definition) is 5. The summed E-state index contributed by atoms with van der Waals surface area (Å²) in [6, 6.07) is 4.00. The lowest BCUT2D eigenvalue weighted by Crippen LogP contribution is -2.15. The van der Waals surface area contributed by atoms with Gasteiger partial charge in [-0.15, -0.1) is 0 Å². The van der Waals surface area contributed by atoms with E-state index in [9.17, 15) is 14.9 Å². The summed E-state index contributed by atoms with van der Waals surface area (Å²) >= 11 is 0. The van der Waals surface area contributed by atoms with Crippen LogP contribution in [0.25, 0.3) is 0 Å². The van der Waals surface area contributed by atoms with Crippen LogP contribution in [0.3, 0.4) is 0 Å². The van der Waals surface area contributed by atoms with Crippen molar-refractivity contribution in [1.82, 2.24) is 0 Å². The van der Waals surface area contributed by atoms with Gasteiger partial charge in [-0.25, -0.2) is 4.79 Å². The van der Waals surface area contributed by atoms with Gasteiger partial charge in [-0.3, -0.25) is 15.4 Å². The minimum atomic E-state index is -0.722. The van der Waals surface area contributed by atoms with Crippen LogP contribution in [0.2, 0.25) is 0 Å². The first-order chi connectivity index (χ1) is 8.04. The van der Waals surface area contributed by atoms with Gasteiger partial charge in [0.1, 0.15) is 5.69 Å². The number of nitro groups is 1. The van der Waals surface area contributed by atoms with Crippen LogP contribution in [-0.2, 0) is 4.74 Å². The summed E-state index contributed by atoms with van der Waals surface area (Å²) in [6.07, 6.45) is -0.0447. The minimum Gasteiger partial charge on any atom is -0.449 e. The summed E-state index contributed by atoms with van der Waals surface area (Å²) in [4.78, 5) is 21.4. The number of amides is 1. The number of nitrogens with zero attached hydrogens (tertiary/aromatic N) is 1. The molecule has 0 bridgehead atoms. The lowest BCUT2D eigenvalue weighted by Gasteiger charge is -2.06. The second kappa shape index (κ2) is 5.69. The van der Waals surface area contributed by atoms with Crippen molar-refractivity contribution >= 4 is 23.2 Å². The molecule has 3 N–H and O–H groups in total. The predicted octanol–water partition coefficient (Wildman–Crippen LogP) is 2.14. The van der Waals surface area contributed by atoms with Crippen molar-refractivity contribution in [2.24, 2.45) is 0 Å². The van der Waals surface area contributed by atoms with E-state index in [2.05, 4.69) is 5.32 Å². The molecular weight excluding hydrogens is 226 g/mol. The Morgan fingerprint density at radius 2 is 2.29 bits per heavy atom. The Balaban J connectivity index is 2.83. The molecule has 1 amide bonds. The smallest absolute Gasteiger partial charge is 0.411 e. The van der Waals surface area contributed by atoms with Gasteiger partial charge < -0.3 is 10.5 Å². The average molecular weight is 239 g/mol. The zero-order valence-electron chi connectivity index (χ0n) is 9.30. The molecule has 7 nitrogen and oxygen atoms in total. The highest BCUT2D eigenvalue weighted by Gasteiger charge is 2.16. The quantitative estimate of drug-likeness (QED) is 0.475. The number of carbonyl (C=O) groups excluding carboxylic acids is 1. The second-order valence-corrected chi connectivity index (χ2v) is 3.29. The minimum absolute atomic E-state index is 0.0605. The van der Waals surface area contributed by atoms with Gasteiger partial charge in [0, 0.05) is 11.8 Å². The summed E-state index contributed by atoms with van der Waals surface area (Å²) in [5.41, 5.74) is 5.48. The molecule has 1 aromatic carbocycles. The van der Waals surface area contributed by atoms with Gasteiger partial charge >= 0.3 is 6.09 Å². The van der Waals surface area contributed by atoms with E-state index in [0.29, 0.717) is 6.42 Å². The molecule has 0 aromatic heterocycles. The molecule has 0 fully saturated rings. The van der Waals surface area contributed by atoms with E-state index in [0.717, 1.165) is 0 Å². The molecule has 0 saturated heterocycles. The first-order valence-corrected chi connectivity index (χ1v) is 5.02. The van der Waals surface area contributed by atoms with Crippen molar-refractivity contribution in [3.63, 3.8) is 0 Å². The van der Waals surface area contributed by atoms with Gasteiger partial charge in [0.2, 0.25) is 0 Å². The molecule has 0 saturated carbocycles. The summed E-state index contributed by atoms with van der Waals surface area (Å²) in [5.74, 6) is 0. The third-order valence-electron chi connectivity index (χ3n) is 1.89. The Kier molecular flexibility index (Phi) is 4.27. The molecule has 0 aliphatic heterocycles. The molecule has 0 radical (unpaired) electrons. The van der Waals surface area contributed by atoms with Crippen molar-refractivity contribution in [3.05, 3.63) is 28.3 Å². The molecule has 0 atom stereocenters. The molecule has 0 aliphatic carbocycles. The number of benzene rings is 1. The molecule has 17 heavy (non-hydrogen) atoms. The monoisotopic (exact) mass is 239 g/mol. The molecule has 1 aromatic rings. The SMILES string of the molecule is CCCOC(=O)Nc1ccc(N)cc1[N+](=O)[O-]. The molecule has 92 valence electrons. The lowest BCUT2D eigenvalue weighted by molar-refractivity contribution is -0.383. The summed E-state index contributed by atoms with van der Waals surface area (Å²) < 4.78 is 4.76. The van der Waals surface area contributed by atoms with Crippen molar-refractivity contribution in [3.8, 4) is 0 Å². The third kappa shape index (κ3) is 3.63. The highest BCUT2D eigenvalue weighted by atomic mass is 16.6. The number of nitrogen functional groups attached to an aromatic ring is 1. The summed E-state index contributed by atoms with van der Waals surface area (Å²) in [5, 5.41) is 13.0. The van der Waals surface area contributed by atoms with Gasteiger partial charge in [0.15, 0.2) is 0 Å². The fraction of sp³-hybridized carbons (Fsp3) is 0.300. The van der Waals surface area contributed by atoms with Crippen LogP contribution in [-0.4, -0.2) is 17.6 Å². The van der Waals surface area contributed by atoms with Crippen LogP contribution in [0.15, 0.2) is 18.2 Å². The van der Waals surface area contributed by atoms with Crippen molar-refractivity contribution in [1.29, 1.82) is 0 Å². The Morgan fingerprint density at radius 1 is 1.59 bits per heavy atom. The number of rotatable bonds is 4. The molecular formula is C10H13N3O4. The number of nitro benzene ring substituents is 1. The van der Waals surface area contributed by atoms with E-state index in [4.69, 9.17) is 10.5 Å². The van der Waals surface area contributed by atoms with E-state index in [1.54, 1.807) is 0 Å². The molecule has 1 rings (SSSR count). The van der Waals surface area contributed by atoms with Crippen molar-refractivity contribution in [2.45, 2.75) is 13.3 Å². The largest absolute Gasteiger partial charge is 0.449 e. The van der Waals surface area contributed by atoms with Crippen LogP contribution >= 0.6 is 0 Å². The number of anilines is 2. The number of ether oxygens (including phenoxy) is 1. The number of nitrogens with one attached hydrogen (secondary N) is 1. The zero-order chi connectivity index (χ0) is 12.8. The van der Waals surface area contributed by atoms with E-state index in [1.807, 2.05) is 6.92 Å². The highest BCUT2D eigenvalue weighted by Crippen LogP contribution is 2.26. The number of hydrogen-bond donors (Lipinski definition) is 2. The Labute approximate surface area is 97.7 Å². The van der Waals surface area contributed by atoms with Crippen LogP contribution < -0.4 is 11.1 Å². The van der Waals surface area contributed by atoms with Gasteiger partial charge in [-0.2, -0.15) is 0 Å². The highest BCUT2D eigenvalue weighted by molar-refractivity contribution is 5.88. The average Bonchev–Trinajstić information content (AvgIpc) is 2.28. The van der Waals surface area contributed by atoms with Crippen LogP contribution in [0.5, 0.6) is 0 Å². The van der Waals surface area contributed by atoms with Crippen LogP contribution in [0, 0.1) is 10.1 Å². The number of carbonyl (C=O) groups is 1. The summed E-state index contributed by atoms with van der Waals surface area (Å²) in [6.45, 7) is 2.10. The first-order valence-electron chi connectivity index (χ1n) is 5.02. The standard InChI is InChI=1S/C10H13N3O4/c1-2-5-17-10(14)12-8-4-3-7(11)6-9(8)13(15)16/h3-4,6H,2,5,11H2,1H3,(H,12,14). The topological polar surface area (TPSA) is 107 Å². The summed E-state index contributed by atoms with van der Waals surface area (Å²) in [7, 11) is 0.